The molecule has 0 aromatic carbocycles. The van der Waals surface area contributed by atoms with Gasteiger partial charge in [0.15, 0.2) is 0 Å². The van der Waals surface area contributed by atoms with Crippen molar-refractivity contribution in [2.75, 3.05) is 0 Å². The third-order valence-electron chi connectivity index (χ3n) is 0. The maximum Gasteiger partial charge on any atom is 0.0311 e. The van der Waals surface area contributed by atoms with Crippen LogP contribution in [0.1, 0.15) is 0 Å². The van der Waals surface area contributed by atoms with Crippen molar-refractivity contribution >= 4 is 36.2 Å². The van der Waals surface area contributed by atoms with Gasteiger partial charge in [0.05, 0.1) is 0 Å². The van der Waals surface area contributed by atoms with Gasteiger partial charge in [-0.15, -0.1) is 0 Å². The van der Waals surface area contributed by atoms with Crippen LogP contribution in [-0.2, 0) is 10.4 Å². The van der Waals surface area contributed by atoms with Crippen molar-refractivity contribution in [1.29, 1.82) is 0 Å². The van der Waals surface area contributed by atoms with Crippen LogP contribution in [0, 0.1) is 0 Å². The predicted octanol–water partition coefficient (Wildman–Crippen LogP) is -1.72. The first-order chi connectivity index (χ1) is 2.00. The van der Waals surface area contributed by atoms with Gasteiger partial charge in [-0.2, -0.15) is 0 Å². The molecule has 0 aromatic rings. The van der Waals surface area contributed by atoms with Gasteiger partial charge in [0.2, 0.25) is 0 Å². The zero-order chi connectivity index (χ0) is 4.50. The van der Waals surface area contributed by atoms with Gasteiger partial charge in [0.1, 0.15) is 0 Å². The summed E-state index contributed by atoms with van der Waals surface area (Å²) >= 11 is 0. The van der Waals surface area contributed by atoms with Gasteiger partial charge < -0.3 is 9.11 Å². The van der Waals surface area contributed by atoms with Crippen LogP contribution in [0.2, 0.25) is 0 Å². The zero-order valence-electron chi connectivity index (χ0n) is 2.62. The first-order valence-electron chi connectivity index (χ1n) is 0.667. The molecule has 0 aliphatic carbocycles. The Kier molecular flexibility index (Phi) is 4.68. The first-order valence-corrected chi connectivity index (χ1v) is 2.00. The molecular formula is InO4S-2. The van der Waals surface area contributed by atoms with Crippen molar-refractivity contribution in [3.8, 4) is 0 Å². The van der Waals surface area contributed by atoms with E-state index in [0.717, 1.165) is 0 Å². The predicted molar refractivity (Wildman–Crippen MR) is 16.2 cm³/mol. The molecule has 0 aliphatic rings. The Labute approximate surface area is 53.9 Å². The Morgan fingerprint density at radius 1 is 1.17 bits per heavy atom. The maximum absolute atomic E-state index is 8.52. The molecule has 0 bridgehead atoms. The summed E-state index contributed by atoms with van der Waals surface area (Å²) in [7, 11) is -5.17. The molecule has 0 unspecified atom stereocenters. The molecule has 6 heteroatoms. The fourth-order valence-electron chi connectivity index (χ4n) is 0. The van der Waals surface area contributed by atoms with Gasteiger partial charge in [-0.25, -0.2) is 0 Å². The molecule has 0 heterocycles. The van der Waals surface area contributed by atoms with Gasteiger partial charge >= 0.3 is 0 Å². The molecule has 0 aromatic heterocycles. The van der Waals surface area contributed by atoms with Gasteiger partial charge in [-0.1, -0.05) is 0 Å². The van der Waals surface area contributed by atoms with E-state index in [1.165, 1.54) is 0 Å². The SMILES string of the molecule is O=S(=O)([O-])[O-].[In]. The van der Waals surface area contributed by atoms with E-state index in [1.54, 1.807) is 0 Å². The molecule has 0 amide bonds. The van der Waals surface area contributed by atoms with Crippen LogP contribution in [0.25, 0.3) is 0 Å². The Balaban J connectivity index is 0. The van der Waals surface area contributed by atoms with E-state index >= 15 is 0 Å². The molecule has 0 aliphatic heterocycles. The average Bonchev–Trinajstić information content (AvgIpc) is 0.722. The summed E-state index contributed by atoms with van der Waals surface area (Å²) in [6, 6.07) is 0. The Morgan fingerprint density at radius 2 is 1.17 bits per heavy atom. The third kappa shape index (κ3) is 121. The van der Waals surface area contributed by atoms with E-state index in [0.29, 0.717) is 0 Å². The van der Waals surface area contributed by atoms with Gasteiger partial charge in [-0.05, 0) is 0 Å². The van der Waals surface area contributed by atoms with E-state index in [9.17, 15) is 0 Å². The van der Waals surface area contributed by atoms with Crippen molar-refractivity contribution in [2.24, 2.45) is 0 Å². The monoisotopic (exact) mass is 211 g/mol. The van der Waals surface area contributed by atoms with Gasteiger partial charge in [-0.3, -0.25) is 8.42 Å². The molecule has 0 rings (SSSR count). The topological polar surface area (TPSA) is 80.3 Å². The molecule has 0 saturated carbocycles. The maximum atomic E-state index is 8.52. The van der Waals surface area contributed by atoms with Crippen molar-refractivity contribution in [3.63, 3.8) is 0 Å². The standard InChI is InChI=1S/In.H2O4S/c;1-5(2,3)4/h;(H2,1,2,3,4)/p-2. The summed E-state index contributed by atoms with van der Waals surface area (Å²) in [4.78, 5) is 0. The van der Waals surface area contributed by atoms with E-state index in [4.69, 9.17) is 17.5 Å². The third-order valence-corrected chi connectivity index (χ3v) is 0. The molecule has 6 heavy (non-hydrogen) atoms. The van der Waals surface area contributed by atoms with Crippen LogP contribution < -0.4 is 0 Å². The molecule has 4 nitrogen and oxygen atoms in total. The van der Waals surface area contributed by atoms with Crippen molar-refractivity contribution in [1.82, 2.24) is 0 Å². The Hall–Kier alpha value is 0.740. The molecule has 0 fully saturated rings. The minimum atomic E-state index is -5.17. The summed E-state index contributed by atoms with van der Waals surface area (Å²) in [5.74, 6) is 0. The normalized spacial score (nSPS) is 9.67. The molecule has 0 spiro atoms. The van der Waals surface area contributed by atoms with Crippen LogP contribution in [0.3, 0.4) is 0 Å². The van der Waals surface area contributed by atoms with Crippen molar-refractivity contribution in [2.45, 2.75) is 0 Å². The van der Waals surface area contributed by atoms with Crippen LogP contribution >= 0.6 is 0 Å². The second-order valence-corrected chi connectivity index (χ2v) is 1.22. The van der Waals surface area contributed by atoms with Crippen molar-refractivity contribution in [3.05, 3.63) is 0 Å². The van der Waals surface area contributed by atoms with Crippen LogP contribution in [-0.4, -0.2) is 43.4 Å². The van der Waals surface area contributed by atoms with Gasteiger partial charge in [0.25, 0.3) is 0 Å². The second-order valence-electron chi connectivity index (χ2n) is 0.408. The smallest absolute Gasteiger partial charge is 0.0311 e. The second kappa shape index (κ2) is 2.84. The summed E-state index contributed by atoms with van der Waals surface area (Å²) in [6.45, 7) is 0. The van der Waals surface area contributed by atoms with Gasteiger partial charge in [0, 0.05) is 36.2 Å². The number of hydrogen-bond donors (Lipinski definition) is 0. The fraction of sp³-hybridized carbons (Fsp3) is 0. The zero-order valence-corrected chi connectivity index (χ0v) is 6.73. The molecule has 35 valence electrons. The van der Waals surface area contributed by atoms with Crippen LogP contribution in [0.5, 0.6) is 0 Å². The summed E-state index contributed by atoms with van der Waals surface area (Å²) in [6.07, 6.45) is 0. The molecule has 0 atom stereocenters. The largest absolute Gasteiger partial charge is 0.759 e. The Bertz CT molecular complexity index is 90.7. The molecule has 0 saturated heterocycles. The van der Waals surface area contributed by atoms with E-state index < -0.39 is 10.4 Å². The summed E-state index contributed by atoms with van der Waals surface area (Å²) in [5.41, 5.74) is 0. The summed E-state index contributed by atoms with van der Waals surface area (Å²) in [5, 5.41) is 0. The fourth-order valence-corrected chi connectivity index (χ4v) is 0. The number of rotatable bonds is 0. The quantitative estimate of drug-likeness (QED) is 0.352. The van der Waals surface area contributed by atoms with E-state index in [2.05, 4.69) is 0 Å². The van der Waals surface area contributed by atoms with Crippen LogP contribution in [0.15, 0.2) is 0 Å². The van der Waals surface area contributed by atoms with E-state index in [-0.39, 0.29) is 25.8 Å². The molecular weight excluding hydrogens is 211 g/mol. The van der Waals surface area contributed by atoms with E-state index in [1.807, 2.05) is 0 Å². The minimum Gasteiger partial charge on any atom is -0.759 e. The van der Waals surface area contributed by atoms with Crippen molar-refractivity contribution < 1.29 is 17.5 Å². The van der Waals surface area contributed by atoms with Crippen LogP contribution in [0.4, 0.5) is 0 Å². The first kappa shape index (κ1) is 9.88. The average molecular weight is 211 g/mol. The Morgan fingerprint density at radius 3 is 1.17 bits per heavy atom. The minimum absolute atomic E-state index is 0. The summed E-state index contributed by atoms with van der Waals surface area (Å²) < 4.78 is 34.1. The molecule has 0 N–H and O–H groups in total. The number of hydrogen-bond acceptors (Lipinski definition) is 4. The molecule has 3 radical (unpaired) electrons.